The summed E-state index contributed by atoms with van der Waals surface area (Å²) >= 11 is 1.84. The van der Waals surface area contributed by atoms with Crippen LogP contribution in [0.4, 0.5) is 11.4 Å². The van der Waals surface area contributed by atoms with Gasteiger partial charge < -0.3 is 14.5 Å². The first kappa shape index (κ1) is 33.3. The number of anilines is 2. The van der Waals surface area contributed by atoms with E-state index in [1.807, 2.05) is 29.7 Å². The minimum absolute atomic E-state index is 0.00322. The first-order chi connectivity index (χ1) is 25.4. The third-order valence-electron chi connectivity index (χ3n) is 10.5. The highest BCUT2D eigenvalue weighted by Gasteiger charge is 2.28. The Balaban J connectivity index is 1.07. The summed E-state index contributed by atoms with van der Waals surface area (Å²) in [6.45, 7) is 16.8. The molecule has 264 valence electrons. The Morgan fingerprint density at radius 3 is 2.23 bits per heavy atom. The lowest BCUT2D eigenvalue weighted by molar-refractivity contribution is 0.483. The highest BCUT2D eigenvalue weighted by atomic mass is 32.1. The van der Waals surface area contributed by atoms with Crippen LogP contribution in [0.5, 0.6) is 11.5 Å². The molecule has 5 aromatic carbocycles. The van der Waals surface area contributed by atoms with Crippen LogP contribution in [0.1, 0.15) is 58.2 Å². The van der Waals surface area contributed by atoms with Crippen LogP contribution >= 0.6 is 11.3 Å². The Morgan fingerprint density at radius 1 is 0.660 bits per heavy atom. The molecule has 4 heterocycles. The normalized spacial score (nSPS) is 13.7. The zero-order valence-corrected chi connectivity index (χ0v) is 32.3. The highest BCUT2D eigenvalue weighted by molar-refractivity contribution is 7.26. The number of nitrogens with zero attached hydrogens (tertiary/aromatic N) is 4. The summed E-state index contributed by atoms with van der Waals surface area (Å²) in [6.07, 6.45) is 6.25. The van der Waals surface area contributed by atoms with Crippen molar-refractivity contribution in [2.75, 3.05) is 16.5 Å². The fraction of sp³-hybridized carbons (Fsp3) is 0.213. The molecule has 3 aromatic heterocycles. The summed E-state index contributed by atoms with van der Waals surface area (Å²) in [5, 5.41) is 4.92. The SMILES string of the molecule is Cc1cc(C(C)(C)C)cc(C(C)(C)C)c1N1C=CN(c2cccc(Oc3ccc4c5ccc6sc7ccccc7c6c5n(-c5ccccn5)c4c3)c2)C1. The largest absolute Gasteiger partial charge is 0.457 e. The molecule has 0 fully saturated rings. The van der Waals surface area contributed by atoms with Crippen LogP contribution in [-0.2, 0) is 10.8 Å². The van der Waals surface area contributed by atoms with E-state index in [2.05, 4.69) is 172 Å². The molecule has 1 aliphatic rings. The molecule has 5 nitrogen and oxygen atoms in total. The summed E-state index contributed by atoms with van der Waals surface area (Å²) in [7, 11) is 0. The maximum atomic E-state index is 6.66. The minimum atomic E-state index is 0.00322. The lowest BCUT2D eigenvalue weighted by Gasteiger charge is -2.33. The fourth-order valence-electron chi connectivity index (χ4n) is 7.84. The summed E-state index contributed by atoms with van der Waals surface area (Å²) in [5.74, 6) is 2.46. The zero-order valence-electron chi connectivity index (χ0n) is 31.4. The van der Waals surface area contributed by atoms with Crippen LogP contribution in [0.3, 0.4) is 0 Å². The van der Waals surface area contributed by atoms with Gasteiger partial charge in [0.2, 0.25) is 0 Å². The van der Waals surface area contributed by atoms with Gasteiger partial charge in [-0.25, -0.2) is 4.98 Å². The van der Waals surface area contributed by atoms with E-state index in [0.717, 1.165) is 35.2 Å². The Hall–Kier alpha value is -5.59. The summed E-state index contributed by atoms with van der Waals surface area (Å²) in [4.78, 5) is 9.51. The zero-order chi connectivity index (χ0) is 36.6. The maximum Gasteiger partial charge on any atom is 0.137 e. The Kier molecular flexibility index (Phi) is 7.68. The molecule has 0 radical (unpaired) electrons. The number of thiophene rings is 1. The third-order valence-corrected chi connectivity index (χ3v) is 11.6. The number of hydrogen-bond donors (Lipinski definition) is 0. The third kappa shape index (κ3) is 5.73. The van der Waals surface area contributed by atoms with Gasteiger partial charge in [0.1, 0.15) is 17.3 Å². The summed E-state index contributed by atoms with van der Waals surface area (Å²) < 4.78 is 11.5. The van der Waals surface area contributed by atoms with Gasteiger partial charge in [-0.05, 0) is 83.0 Å². The predicted molar refractivity (Wildman–Crippen MR) is 226 cm³/mol. The Bertz CT molecular complexity index is 2720. The van der Waals surface area contributed by atoms with Gasteiger partial charge in [0.05, 0.1) is 17.7 Å². The summed E-state index contributed by atoms with van der Waals surface area (Å²) in [6, 6.07) is 38.9. The standard InChI is InChI=1S/C47H44N4OS/c1-30-25-31(46(2,3)4)26-38(47(5,6)7)44(30)50-24-23-49(29-50)32-13-12-14-33(27-32)52-34-18-19-35-36-20-21-41-43(37-15-8-9-16-40(37)53-41)45(36)51(39(35)28-34)42-17-10-11-22-48-42/h8-28H,29H2,1-7H3. The molecule has 6 heteroatoms. The van der Waals surface area contributed by atoms with E-state index in [1.165, 1.54) is 58.8 Å². The van der Waals surface area contributed by atoms with Crippen molar-refractivity contribution < 1.29 is 4.74 Å². The molecule has 9 rings (SSSR count). The maximum absolute atomic E-state index is 6.66. The number of fused-ring (bicyclic) bond motifs is 7. The van der Waals surface area contributed by atoms with E-state index in [4.69, 9.17) is 9.72 Å². The van der Waals surface area contributed by atoms with Crippen molar-refractivity contribution in [3.63, 3.8) is 0 Å². The highest BCUT2D eigenvalue weighted by Crippen LogP contribution is 2.44. The number of rotatable bonds is 5. The molecule has 0 atom stereocenters. The van der Waals surface area contributed by atoms with Crippen LogP contribution in [-0.4, -0.2) is 16.2 Å². The second-order valence-corrected chi connectivity index (χ2v) is 17.4. The fourth-order valence-corrected chi connectivity index (χ4v) is 8.95. The van der Waals surface area contributed by atoms with Crippen LogP contribution in [0.25, 0.3) is 47.8 Å². The quantitative estimate of drug-likeness (QED) is 0.178. The van der Waals surface area contributed by atoms with Crippen molar-refractivity contribution in [2.45, 2.75) is 59.3 Å². The smallest absolute Gasteiger partial charge is 0.137 e. The van der Waals surface area contributed by atoms with Crippen LogP contribution in [0, 0.1) is 6.92 Å². The van der Waals surface area contributed by atoms with Crippen molar-refractivity contribution in [1.82, 2.24) is 9.55 Å². The van der Waals surface area contributed by atoms with Crippen molar-refractivity contribution >= 4 is 64.7 Å². The van der Waals surface area contributed by atoms with Gasteiger partial charge >= 0.3 is 0 Å². The molecule has 0 saturated heterocycles. The number of aromatic nitrogens is 2. The molecule has 53 heavy (non-hydrogen) atoms. The molecule has 0 saturated carbocycles. The van der Waals surface area contributed by atoms with Gasteiger partial charge in [-0.3, -0.25) is 4.57 Å². The monoisotopic (exact) mass is 712 g/mol. The van der Waals surface area contributed by atoms with Gasteiger partial charge in [-0.1, -0.05) is 90.1 Å². The van der Waals surface area contributed by atoms with Crippen LogP contribution in [0.2, 0.25) is 0 Å². The van der Waals surface area contributed by atoms with E-state index >= 15 is 0 Å². The molecule has 8 aromatic rings. The Labute approximate surface area is 315 Å². The van der Waals surface area contributed by atoms with Crippen LogP contribution in [0.15, 0.2) is 128 Å². The van der Waals surface area contributed by atoms with Gasteiger partial charge in [-0.15, -0.1) is 11.3 Å². The van der Waals surface area contributed by atoms with Gasteiger partial charge in [0.25, 0.3) is 0 Å². The van der Waals surface area contributed by atoms with Crippen molar-refractivity contribution in [3.8, 4) is 17.3 Å². The molecule has 0 N–H and O–H groups in total. The average Bonchev–Trinajstić information content (AvgIpc) is 3.85. The van der Waals surface area contributed by atoms with Gasteiger partial charge in [0.15, 0.2) is 0 Å². The minimum Gasteiger partial charge on any atom is -0.457 e. The lowest BCUT2D eigenvalue weighted by atomic mass is 9.78. The molecule has 0 spiro atoms. The van der Waals surface area contributed by atoms with E-state index in [9.17, 15) is 0 Å². The first-order valence-electron chi connectivity index (χ1n) is 18.4. The van der Waals surface area contributed by atoms with Crippen molar-refractivity contribution in [3.05, 3.63) is 144 Å². The van der Waals surface area contributed by atoms with E-state index in [1.54, 1.807) is 0 Å². The number of benzene rings is 5. The van der Waals surface area contributed by atoms with Crippen molar-refractivity contribution in [1.29, 1.82) is 0 Å². The Morgan fingerprint density at radius 2 is 1.43 bits per heavy atom. The van der Waals surface area contributed by atoms with E-state index in [-0.39, 0.29) is 10.8 Å². The lowest BCUT2D eigenvalue weighted by Crippen LogP contribution is -2.28. The van der Waals surface area contributed by atoms with Crippen LogP contribution < -0.4 is 14.5 Å². The topological polar surface area (TPSA) is 33.5 Å². The molecule has 0 bridgehead atoms. The summed E-state index contributed by atoms with van der Waals surface area (Å²) in [5.41, 5.74) is 8.76. The first-order valence-corrected chi connectivity index (χ1v) is 19.2. The number of ether oxygens (including phenoxy) is 1. The molecular formula is C47H44N4OS. The molecule has 0 aliphatic carbocycles. The molecule has 0 amide bonds. The number of hydrogen-bond acceptors (Lipinski definition) is 5. The number of aryl methyl sites for hydroxylation is 1. The van der Waals surface area contributed by atoms with Gasteiger partial charge in [-0.2, -0.15) is 0 Å². The molecular weight excluding hydrogens is 669 g/mol. The predicted octanol–water partition coefficient (Wildman–Crippen LogP) is 13.0. The van der Waals surface area contributed by atoms with E-state index < -0.39 is 0 Å². The van der Waals surface area contributed by atoms with Crippen molar-refractivity contribution in [2.24, 2.45) is 0 Å². The molecule has 1 aliphatic heterocycles. The second kappa shape index (κ2) is 12.2. The van der Waals surface area contributed by atoms with Gasteiger partial charge in [0, 0.05) is 73.0 Å². The van der Waals surface area contributed by atoms with E-state index in [0.29, 0.717) is 0 Å². The molecule has 0 unspecified atom stereocenters. The second-order valence-electron chi connectivity index (χ2n) is 16.3. The number of pyridine rings is 1. The average molecular weight is 713 g/mol.